The molecule has 2 aromatic rings. The van der Waals surface area contributed by atoms with Crippen molar-refractivity contribution in [1.29, 1.82) is 0 Å². The SMILES string of the molecule is CCC[C@H]1CC[C@H](c2ccc3cc(OC(F)(F)F)ccc3c2)CC1. The zero-order valence-corrected chi connectivity index (χ0v) is 13.9. The molecule has 3 rings (SSSR count). The Hall–Kier alpha value is -1.71. The highest BCUT2D eigenvalue weighted by Gasteiger charge is 2.31. The summed E-state index contributed by atoms with van der Waals surface area (Å²) in [6.07, 6.45) is 2.94. The Morgan fingerprint density at radius 1 is 0.958 bits per heavy atom. The van der Waals surface area contributed by atoms with Crippen LogP contribution in [0, 0.1) is 5.92 Å². The molecular formula is C20H23F3O. The number of hydrogen-bond acceptors (Lipinski definition) is 1. The van der Waals surface area contributed by atoms with E-state index in [1.807, 2.05) is 6.07 Å². The molecule has 1 aliphatic carbocycles. The molecule has 0 heterocycles. The van der Waals surface area contributed by atoms with Crippen LogP contribution in [0.4, 0.5) is 13.2 Å². The molecule has 0 spiro atoms. The fourth-order valence-electron chi connectivity index (χ4n) is 3.89. The Kier molecular flexibility index (Phi) is 5.02. The van der Waals surface area contributed by atoms with Crippen molar-refractivity contribution in [1.82, 2.24) is 0 Å². The van der Waals surface area contributed by atoms with Crippen molar-refractivity contribution in [3.05, 3.63) is 42.0 Å². The van der Waals surface area contributed by atoms with Crippen molar-refractivity contribution < 1.29 is 17.9 Å². The first kappa shape index (κ1) is 17.1. The third-order valence-electron chi connectivity index (χ3n) is 5.08. The Balaban J connectivity index is 1.74. The van der Waals surface area contributed by atoms with E-state index in [9.17, 15) is 13.2 Å². The maximum atomic E-state index is 12.3. The van der Waals surface area contributed by atoms with Gasteiger partial charge in [0, 0.05) is 0 Å². The molecule has 1 saturated carbocycles. The standard InChI is InChI=1S/C20H23F3O/c1-2-3-14-4-6-15(7-5-14)16-8-9-18-13-19(24-20(21,22)23)11-10-17(18)12-16/h8-15H,2-7H2,1H3/t14-,15-. The monoisotopic (exact) mass is 336 g/mol. The van der Waals surface area contributed by atoms with Gasteiger partial charge in [0.25, 0.3) is 0 Å². The zero-order valence-electron chi connectivity index (χ0n) is 13.9. The largest absolute Gasteiger partial charge is 0.573 e. The highest BCUT2D eigenvalue weighted by atomic mass is 19.4. The lowest BCUT2D eigenvalue weighted by atomic mass is 9.77. The van der Waals surface area contributed by atoms with Crippen molar-refractivity contribution in [2.75, 3.05) is 0 Å². The third kappa shape index (κ3) is 4.22. The fourth-order valence-corrected chi connectivity index (χ4v) is 3.89. The first-order valence-corrected chi connectivity index (χ1v) is 8.74. The summed E-state index contributed by atoms with van der Waals surface area (Å²) in [5.74, 6) is 1.28. The first-order valence-electron chi connectivity index (χ1n) is 8.74. The van der Waals surface area contributed by atoms with E-state index in [0.717, 1.165) is 16.7 Å². The number of hydrogen-bond donors (Lipinski definition) is 0. The predicted molar refractivity (Wildman–Crippen MR) is 90.2 cm³/mol. The van der Waals surface area contributed by atoms with Gasteiger partial charge in [-0.1, -0.05) is 44.0 Å². The number of halogens is 3. The molecule has 130 valence electrons. The van der Waals surface area contributed by atoms with E-state index in [4.69, 9.17) is 0 Å². The van der Waals surface area contributed by atoms with E-state index in [1.165, 1.54) is 56.2 Å². The smallest absolute Gasteiger partial charge is 0.406 e. The Morgan fingerprint density at radius 2 is 1.62 bits per heavy atom. The van der Waals surface area contributed by atoms with Gasteiger partial charge in [-0.2, -0.15) is 0 Å². The van der Waals surface area contributed by atoms with E-state index in [2.05, 4.69) is 23.8 Å². The van der Waals surface area contributed by atoms with Crippen LogP contribution < -0.4 is 4.74 Å². The van der Waals surface area contributed by atoms with E-state index in [1.54, 1.807) is 6.07 Å². The predicted octanol–water partition coefficient (Wildman–Crippen LogP) is 6.81. The molecular weight excluding hydrogens is 313 g/mol. The molecule has 1 fully saturated rings. The highest BCUT2D eigenvalue weighted by molar-refractivity contribution is 5.84. The average molecular weight is 336 g/mol. The molecule has 0 aliphatic heterocycles. The minimum atomic E-state index is -4.65. The molecule has 0 bridgehead atoms. The maximum absolute atomic E-state index is 12.3. The van der Waals surface area contributed by atoms with Crippen molar-refractivity contribution in [2.24, 2.45) is 5.92 Å². The van der Waals surface area contributed by atoms with Crippen LogP contribution in [0.25, 0.3) is 10.8 Å². The van der Waals surface area contributed by atoms with Crippen molar-refractivity contribution in [3.8, 4) is 5.75 Å². The molecule has 0 unspecified atom stereocenters. The van der Waals surface area contributed by atoms with Gasteiger partial charge in [0.1, 0.15) is 5.75 Å². The molecule has 4 heteroatoms. The van der Waals surface area contributed by atoms with Crippen LogP contribution in [-0.2, 0) is 0 Å². The van der Waals surface area contributed by atoms with Gasteiger partial charge in [0.2, 0.25) is 0 Å². The van der Waals surface area contributed by atoms with Crippen LogP contribution in [0.15, 0.2) is 36.4 Å². The van der Waals surface area contributed by atoms with Crippen LogP contribution >= 0.6 is 0 Å². The lowest BCUT2D eigenvalue weighted by Crippen LogP contribution is -2.17. The van der Waals surface area contributed by atoms with Gasteiger partial charge in [-0.3, -0.25) is 0 Å². The van der Waals surface area contributed by atoms with Gasteiger partial charge in [0.15, 0.2) is 0 Å². The normalized spacial score (nSPS) is 21.8. The molecule has 1 nitrogen and oxygen atoms in total. The third-order valence-corrected chi connectivity index (χ3v) is 5.08. The summed E-state index contributed by atoms with van der Waals surface area (Å²) in [6.45, 7) is 2.24. The maximum Gasteiger partial charge on any atom is 0.573 e. The van der Waals surface area contributed by atoms with Gasteiger partial charge >= 0.3 is 6.36 Å². The van der Waals surface area contributed by atoms with Crippen molar-refractivity contribution >= 4 is 10.8 Å². The minimum absolute atomic E-state index is 0.164. The van der Waals surface area contributed by atoms with Crippen LogP contribution in [0.5, 0.6) is 5.75 Å². The Labute approximate surface area is 140 Å². The molecule has 0 amide bonds. The average Bonchev–Trinajstić information content (AvgIpc) is 2.54. The summed E-state index contributed by atoms with van der Waals surface area (Å²) in [6, 6.07) is 10.6. The topological polar surface area (TPSA) is 9.23 Å². The molecule has 2 aromatic carbocycles. The zero-order chi connectivity index (χ0) is 17.2. The van der Waals surface area contributed by atoms with E-state index < -0.39 is 6.36 Å². The summed E-state index contributed by atoms with van der Waals surface area (Å²) in [5, 5.41) is 1.75. The van der Waals surface area contributed by atoms with Crippen LogP contribution in [0.2, 0.25) is 0 Å². The van der Waals surface area contributed by atoms with Crippen molar-refractivity contribution in [3.63, 3.8) is 0 Å². The first-order chi connectivity index (χ1) is 11.4. The molecule has 1 aliphatic rings. The second-order valence-corrected chi connectivity index (χ2v) is 6.82. The molecule has 0 radical (unpaired) electrons. The molecule has 24 heavy (non-hydrogen) atoms. The molecule has 0 atom stereocenters. The van der Waals surface area contributed by atoms with E-state index in [0.29, 0.717) is 5.92 Å². The summed E-state index contributed by atoms with van der Waals surface area (Å²) in [5.41, 5.74) is 1.31. The lowest BCUT2D eigenvalue weighted by molar-refractivity contribution is -0.274. The van der Waals surface area contributed by atoms with Crippen LogP contribution in [-0.4, -0.2) is 6.36 Å². The minimum Gasteiger partial charge on any atom is -0.406 e. The second kappa shape index (κ2) is 7.04. The van der Waals surface area contributed by atoms with Gasteiger partial charge in [0.05, 0.1) is 0 Å². The number of ether oxygens (including phenoxy) is 1. The fraction of sp³-hybridized carbons (Fsp3) is 0.500. The van der Waals surface area contributed by atoms with E-state index in [-0.39, 0.29) is 5.75 Å². The van der Waals surface area contributed by atoms with Gasteiger partial charge in [-0.15, -0.1) is 13.2 Å². The van der Waals surface area contributed by atoms with Crippen molar-refractivity contribution in [2.45, 2.75) is 57.7 Å². The molecule has 0 N–H and O–H groups in total. The quantitative estimate of drug-likeness (QED) is 0.596. The van der Waals surface area contributed by atoms with E-state index >= 15 is 0 Å². The van der Waals surface area contributed by atoms with Gasteiger partial charge in [-0.05, 0) is 66.0 Å². The molecule has 0 aromatic heterocycles. The lowest BCUT2D eigenvalue weighted by Gasteiger charge is -2.28. The number of fused-ring (bicyclic) bond motifs is 1. The van der Waals surface area contributed by atoms with Gasteiger partial charge < -0.3 is 4.74 Å². The molecule has 0 saturated heterocycles. The van der Waals surface area contributed by atoms with Crippen LogP contribution in [0.3, 0.4) is 0 Å². The Bertz CT molecular complexity index is 685. The second-order valence-electron chi connectivity index (χ2n) is 6.82. The summed E-state index contributed by atoms with van der Waals surface area (Å²) >= 11 is 0. The summed E-state index contributed by atoms with van der Waals surface area (Å²) < 4.78 is 40.9. The highest BCUT2D eigenvalue weighted by Crippen LogP contribution is 2.38. The Morgan fingerprint density at radius 3 is 2.29 bits per heavy atom. The van der Waals surface area contributed by atoms with Crippen LogP contribution in [0.1, 0.15) is 56.9 Å². The summed E-state index contributed by atoms with van der Waals surface area (Å²) in [4.78, 5) is 0. The number of rotatable bonds is 4. The number of benzene rings is 2. The number of alkyl halides is 3. The van der Waals surface area contributed by atoms with Gasteiger partial charge in [-0.25, -0.2) is 0 Å². The summed E-state index contributed by atoms with van der Waals surface area (Å²) in [7, 11) is 0.